The van der Waals surface area contributed by atoms with Crippen molar-refractivity contribution in [1.82, 2.24) is 4.57 Å². The van der Waals surface area contributed by atoms with Crippen molar-refractivity contribution in [3.63, 3.8) is 0 Å². The topological polar surface area (TPSA) is 23.4 Å². The number of hydrogen-bond donors (Lipinski definition) is 0. The van der Waals surface area contributed by atoms with E-state index in [0.29, 0.717) is 5.92 Å². The number of ether oxygens (including phenoxy) is 2. The average molecular weight is 335 g/mol. The molecule has 0 aliphatic rings. The van der Waals surface area contributed by atoms with Gasteiger partial charge in [0.2, 0.25) is 0 Å². The molecule has 1 heterocycles. The van der Waals surface area contributed by atoms with E-state index in [0.717, 1.165) is 22.6 Å². The Kier molecular flexibility index (Phi) is 4.84. The molecule has 0 aliphatic heterocycles. The third-order valence-electron chi connectivity index (χ3n) is 4.53. The van der Waals surface area contributed by atoms with Crippen molar-refractivity contribution in [1.29, 1.82) is 0 Å². The zero-order chi connectivity index (χ0) is 18.0. The van der Waals surface area contributed by atoms with E-state index in [1.807, 2.05) is 0 Å². The van der Waals surface area contributed by atoms with Crippen molar-refractivity contribution < 1.29 is 9.47 Å². The summed E-state index contributed by atoms with van der Waals surface area (Å²) in [5, 5.41) is 1.25. The number of benzene rings is 2. The molecule has 3 rings (SSSR count). The standard InChI is InChI=1S/C22H25NO2/c1-15(2)22-20(24-4)12-16(13-21(22)25-5)10-11-17-14-23(3)19-9-7-6-8-18(17)19/h6-15H,1-5H3/b11-10+. The maximum absolute atomic E-state index is 5.60. The molecule has 0 radical (unpaired) electrons. The monoisotopic (exact) mass is 335 g/mol. The lowest BCUT2D eigenvalue weighted by Gasteiger charge is -2.17. The van der Waals surface area contributed by atoms with Gasteiger partial charge >= 0.3 is 0 Å². The molecule has 2 aromatic carbocycles. The molecular weight excluding hydrogens is 310 g/mol. The molecule has 3 aromatic rings. The van der Waals surface area contributed by atoms with Crippen LogP contribution in [0, 0.1) is 0 Å². The van der Waals surface area contributed by atoms with Crippen LogP contribution in [0.5, 0.6) is 11.5 Å². The predicted octanol–water partition coefficient (Wildman–Crippen LogP) is 5.49. The second kappa shape index (κ2) is 7.06. The van der Waals surface area contributed by atoms with Gasteiger partial charge in [-0.1, -0.05) is 44.2 Å². The summed E-state index contributed by atoms with van der Waals surface area (Å²) in [6.45, 7) is 4.29. The molecule has 0 unspecified atom stereocenters. The fourth-order valence-corrected chi connectivity index (χ4v) is 3.32. The third kappa shape index (κ3) is 3.27. The highest BCUT2D eigenvalue weighted by Gasteiger charge is 2.15. The maximum atomic E-state index is 5.60. The van der Waals surface area contributed by atoms with E-state index in [4.69, 9.17) is 9.47 Å². The van der Waals surface area contributed by atoms with Gasteiger partial charge in [0.1, 0.15) is 11.5 Å². The van der Waals surface area contributed by atoms with E-state index in [1.165, 1.54) is 16.5 Å². The number of fused-ring (bicyclic) bond motifs is 1. The lowest BCUT2D eigenvalue weighted by molar-refractivity contribution is 0.382. The zero-order valence-electron chi connectivity index (χ0n) is 15.5. The van der Waals surface area contributed by atoms with Gasteiger partial charge in [0.05, 0.1) is 14.2 Å². The Balaban J connectivity index is 2.03. The molecule has 0 saturated carbocycles. The Morgan fingerprint density at radius 2 is 1.60 bits per heavy atom. The number of hydrogen-bond acceptors (Lipinski definition) is 2. The van der Waals surface area contributed by atoms with Crippen molar-refractivity contribution in [2.75, 3.05) is 14.2 Å². The fraction of sp³-hybridized carbons (Fsp3) is 0.273. The number of aromatic nitrogens is 1. The first-order chi connectivity index (χ1) is 12.0. The molecule has 0 fully saturated rings. The quantitative estimate of drug-likeness (QED) is 0.615. The summed E-state index contributed by atoms with van der Waals surface area (Å²) >= 11 is 0. The highest BCUT2D eigenvalue weighted by Crippen LogP contribution is 2.37. The van der Waals surface area contributed by atoms with Gasteiger partial charge in [0.25, 0.3) is 0 Å². The minimum Gasteiger partial charge on any atom is -0.496 e. The number of nitrogens with zero attached hydrogens (tertiary/aromatic N) is 1. The fourth-order valence-electron chi connectivity index (χ4n) is 3.32. The Morgan fingerprint density at radius 1 is 0.960 bits per heavy atom. The van der Waals surface area contributed by atoms with E-state index in [-0.39, 0.29) is 0 Å². The van der Waals surface area contributed by atoms with Crippen molar-refractivity contribution in [3.05, 3.63) is 59.3 Å². The Labute approximate surface area is 149 Å². The van der Waals surface area contributed by atoms with Crippen LogP contribution in [0.1, 0.15) is 36.5 Å². The molecule has 0 atom stereocenters. The number of aryl methyl sites for hydroxylation is 1. The van der Waals surface area contributed by atoms with Crippen LogP contribution in [0.4, 0.5) is 0 Å². The van der Waals surface area contributed by atoms with Crippen molar-refractivity contribution in [2.24, 2.45) is 7.05 Å². The van der Waals surface area contributed by atoms with Crippen LogP contribution < -0.4 is 9.47 Å². The summed E-state index contributed by atoms with van der Waals surface area (Å²) in [7, 11) is 5.49. The summed E-state index contributed by atoms with van der Waals surface area (Å²) < 4.78 is 13.3. The van der Waals surface area contributed by atoms with Gasteiger partial charge in [-0.15, -0.1) is 0 Å². The Hall–Kier alpha value is -2.68. The second-order valence-electron chi connectivity index (χ2n) is 6.54. The SMILES string of the molecule is COc1cc(/C=C/c2cn(C)c3ccccc23)cc(OC)c1C(C)C. The van der Waals surface area contributed by atoms with Crippen molar-refractivity contribution in [2.45, 2.75) is 19.8 Å². The summed E-state index contributed by atoms with van der Waals surface area (Å²) in [5.41, 5.74) is 4.59. The molecule has 25 heavy (non-hydrogen) atoms. The highest BCUT2D eigenvalue weighted by molar-refractivity contribution is 5.92. The molecule has 0 spiro atoms. The molecule has 0 saturated heterocycles. The molecule has 130 valence electrons. The van der Waals surface area contributed by atoms with Crippen molar-refractivity contribution >= 4 is 23.1 Å². The number of methoxy groups -OCH3 is 2. The van der Waals surface area contributed by atoms with Gasteiger partial charge in [-0.2, -0.15) is 0 Å². The Morgan fingerprint density at radius 3 is 2.20 bits per heavy atom. The molecule has 0 N–H and O–H groups in total. The lowest BCUT2D eigenvalue weighted by atomic mass is 9.98. The molecule has 3 heteroatoms. The first kappa shape index (κ1) is 17.2. The van der Waals surface area contributed by atoms with Gasteiger partial charge in [-0.05, 0) is 35.2 Å². The van der Waals surface area contributed by atoms with Crippen molar-refractivity contribution in [3.8, 4) is 11.5 Å². The van der Waals surface area contributed by atoms with Gasteiger partial charge in [0, 0.05) is 29.7 Å². The van der Waals surface area contributed by atoms with Crippen LogP contribution in [-0.2, 0) is 7.05 Å². The van der Waals surface area contributed by atoms with E-state index >= 15 is 0 Å². The lowest BCUT2D eigenvalue weighted by Crippen LogP contribution is -1.99. The summed E-state index contributed by atoms with van der Waals surface area (Å²) in [6.07, 6.45) is 6.40. The highest BCUT2D eigenvalue weighted by atomic mass is 16.5. The van der Waals surface area contributed by atoms with Crippen LogP contribution in [0.25, 0.3) is 23.1 Å². The summed E-state index contributed by atoms with van der Waals surface area (Å²) in [6, 6.07) is 12.6. The first-order valence-corrected chi connectivity index (χ1v) is 8.53. The van der Waals surface area contributed by atoms with E-state index in [1.54, 1.807) is 14.2 Å². The van der Waals surface area contributed by atoms with Crippen LogP contribution in [0.2, 0.25) is 0 Å². The summed E-state index contributed by atoms with van der Waals surface area (Å²) in [5.74, 6) is 2.07. The normalized spacial score (nSPS) is 11.6. The first-order valence-electron chi connectivity index (χ1n) is 8.53. The summed E-state index contributed by atoms with van der Waals surface area (Å²) in [4.78, 5) is 0. The number of rotatable bonds is 5. The largest absolute Gasteiger partial charge is 0.496 e. The molecule has 0 aliphatic carbocycles. The van der Waals surface area contributed by atoms with Gasteiger partial charge in [-0.3, -0.25) is 0 Å². The van der Waals surface area contributed by atoms with Crippen LogP contribution >= 0.6 is 0 Å². The predicted molar refractivity (Wildman–Crippen MR) is 105 cm³/mol. The maximum Gasteiger partial charge on any atom is 0.126 e. The molecule has 0 amide bonds. The minimum atomic E-state index is 0.334. The Bertz CT molecular complexity index is 894. The minimum absolute atomic E-state index is 0.334. The van der Waals surface area contributed by atoms with E-state index < -0.39 is 0 Å². The van der Waals surface area contributed by atoms with Crippen LogP contribution in [-0.4, -0.2) is 18.8 Å². The van der Waals surface area contributed by atoms with Gasteiger partial charge in [-0.25, -0.2) is 0 Å². The zero-order valence-corrected chi connectivity index (χ0v) is 15.5. The number of para-hydroxylation sites is 1. The van der Waals surface area contributed by atoms with Gasteiger partial charge < -0.3 is 14.0 Å². The second-order valence-corrected chi connectivity index (χ2v) is 6.54. The smallest absolute Gasteiger partial charge is 0.126 e. The average Bonchev–Trinajstić information content (AvgIpc) is 2.95. The van der Waals surface area contributed by atoms with Crippen LogP contribution in [0.15, 0.2) is 42.6 Å². The molecule has 3 nitrogen and oxygen atoms in total. The molecule has 1 aromatic heterocycles. The van der Waals surface area contributed by atoms with E-state index in [9.17, 15) is 0 Å². The molecular formula is C22H25NO2. The van der Waals surface area contributed by atoms with E-state index in [2.05, 4.69) is 80.2 Å². The third-order valence-corrected chi connectivity index (χ3v) is 4.53. The van der Waals surface area contributed by atoms with Crippen LogP contribution in [0.3, 0.4) is 0 Å². The van der Waals surface area contributed by atoms with Gasteiger partial charge in [0.15, 0.2) is 0 Å². The molecule has 0 bridgehead atoms.